The Morgan fingerprint density at radius 1 is 1.10 bits per heavy atom. The molecule has 0 spiro atoms. The molecule has 2 rings (SSSR count). The Morgan fingerprint density at radius 2 is 1.75 bits per heavy atom. The van der Waals surface area contributed by atoms with Gasteiger partial charge in [-0.15, -0.1) is 11.3 Å². The number of benzene rings is 1. The van der Waals surface area contributed by atoms with E-state index in [1.54, 1.807) is 17.5 Å². The van der Waals surface area contributed by atoms with Crippen LogP contribution in [0.15, 0.2) is 33.9 Å². The average Bonchev–Trinajstić information content (AvgIpc) is 2.87. The van der Waals surface area contributed by atoms with Crippen LogP contribution < -0.4 is 4.72 Å². The highest BCUT2D eigenvalue weighted by Gasteiger charge is 2.20. The minimum Gasteiger partial charge on any atom is -0.206 e. The number of nitrogens with one attached hydrogen (secondary N) is 1. The van der Waals surface area contributed by atoms with Gasteiger partial charge in [-0.05, 0) is 61.4 Å². The Bertz CT molecular complexity index is 704. The topological polar surface area (TPSA) is 46.2 Å². The minimum atomic E-state index is -3.44. The molecular weight excluding hydrogens is 290 g/mol. The second-order valence-corrected chi connectivity index (χ2v) is 7.96. The molecule has 0 saturated carbocycles. The first kappa shape index (κ1) is 15.2. The molecule has 20 heavy (non-hydrogen) atoms. The number of thiophene rings is 1. The van der Waals surface area contributed by atoms with Crippen molar-refractivity contribution in [3.05, 3.63) is 51.9 Å². The lowest BCUT2D eigenvalue weighted by Crippen LogP contribution is -2.26. The number of rotatable bonds is 4. The molecule has 0 aliphatic carbocycles. The zero-order chi connectivity index (χ0) is 14.9. The van der Waals surface area contributed by atoms with Crippen molar-refractivity contribution in [1.29, 1.82) is 0 Å². The van der Waals surface area contributed by atoms with E-state index in [2.05, 4.69) is 23.8 Å². The van der Waals surface area contributed by atoms with E-state index >= 15 is 0 Å². The zero-order valence-electron chi connectivity index (χ0n) is 12.1. The van der Waals surface area contributed by atoms with E-state index in [1.165, 1.54) is 22.5 Å². The molecule has 0 aliphatic heterocycles. The van der Waals surface area contributed by atoms with Gasteiger partial charge in [0.25, 0.3) is 10.0 Å². The van der Waals surface area contributed by atoms with Crippen LogP contribution in [0.3, 0.4) is 0 Å². The van der Waals surface area contributed by atoms with E-state index in [0.717, 1.165) is 11.1 Å². The Kier molecular flexibility index (Phi) is 4.32. The number of hydrogen-bond acceptors (Lipinski definition) is 3. The highest BCUT2D eigenvalue weighted by Crippen LogP contribution is 2.24. The molecule has 108 valence electrons. The molecule has 1 atom stereocenters. The summed E-state index contributed by atoms with van der Waals surface area (Å²) in [7, 11) is -3.44. The van der Waals surface area contributed by atoms with E-state index in [-0.39, 0.29) is 6.04 Å². The molecule has 0 bridgehead atoms. The number of sulfonamides is 1. The molecule has 1 heterocycles. The van der Waals surface area contributed by atoms with Crippen molar-refractivity contribution < 1.29 is 8.42 Å². The SMILES string of the molecule is Cc1cc(C)c([C@@H](C)NS(=O)(=O)c2cccs2)cc1C. The Labute approximate surface area is 124 Å². The van der Waals surface area contributed by atoms with Crippen LogP contribution in [0.2, 0.25) is 0 Å². The van der Waals surface area contributed by atoms with Gasteiger partial charge in [0.15, 0.2) is 0 Å². The van der Waals surface area contributed by atoms with Gasteiger partial charge in [-0.3, -0.25) is 0 Å². The summed E-state index contributed by atoms with van der Waals surface area (Å²) in [6, 6.07) is 7.27. The fraction of sp³-hybridized carbons (Fsp3) is 0.333. The normalized spacial score (nSPS) is 13.4. The molecule has 1 aromatic carbocycles. The molecule has 0 unspecified atom stereocenters. The van der Waals surface area contributed by atoms with Crippen LogP contribution in [0, 0.1) is 20.8 Å². The zero-order valence-corrected chi connectivity index (χ0v) is 13.7. The minimum absolute atomic E-state index is 0.249. The van der Waals surface area contributed by atoms with Gasteiger partial charge in [-0.1, -0.05) is 18.2 Å². The Balaban J connectivity index is 2.29. The summed E-state index contributed by atoms with van der Waals surface area (Å²) in [5.41, 5.74) is 4.52. The van der Waals surface area contributed by atoms with Crippen molar-refractivity contribution in [2.45, 2.75) is 37.9 Å². The maximum Gasteiger partial charge on any atom is 0.250 e. The molecule has 1 aromatic heterocycles. The summed E-state index contributed by atoms with van der Waals surface area (Å²) in [5, 5.41) is 1.76. The third kappa shape index (κ3) is 3.11. The van der Waals surface area contributed by atoms with E-state index in [0.29, 0.717) is 4.21 Å². The van der Waals surface area contributed by atoms with Gasteiger partial charge in [0.05, 0.1) is 0 Å². The first-order valence-electron chi connectivity index (χ1n) is 6.45. The van der Waals surface area contributed by atoms with Crippen LogP contribution in [0.4, 0.5) is 0 Å². The van der Waals surface area contributed by atoms with Crippen LogP contribution in [0.25, 0.3) is 0 Å². The maximum absolute atomic E-state index is 12.2. The van der Waals surface area contributed by atoms with Crippen molar-refractivity contribution in [1.82, 2.24) is 4.72 Å². The predicted molar refractivity (Wildman–Crippen MR) is 83.7 cm³/mol. The van der Waals surface area contributed by atoms with Crippen molar-refractivity contribution in [3.63, 3.8) is 0 Å². The molecular formula is C15H19NO2S2. The van der Waals surface area contributed by atoms with Gasteiger partial charge in [-0.25, -0.2) is 13.1 Å². The Morgan fingerprint density at radius 3 is 2.35 bits per heavy atom. The monoisotopic (exact) mass is 309 g/mol. The van der Waals surface area contributed by atoms with Crippen LogP contribution in [-0.2, 0) is 10.0 Å². The summed E-state index contributed by atoms with van der Waals surface area (Å²) < 4.78 is 27.6. The summed E-state index contributed by atoms with van der Waals surface area (Å²) in [5.74, 6) is 0. The van der Waals surface area contributed by atoms with Crippen LogP contribution in [0.1, 0.15) is 35.2 Å². The first-order chi connectivity index (χ1) is 9.31. The second kappa shape index (κ2) is 5.68. The van der Waals surface area contributed by atoms with Gasteiger partial charge >= 0.3 is 0 Å². The fourth-order valence-electron chi connectivity index (χ4n) is 2.22. The van der Waals surface area contributed by atoms with E-state index in [9.17, 15) is 8.42 Å². The van der Waals surface area contributed by atoms with Crippen molar-refractivity contribution >= 4 is 21.4 Å². The summed E-state index contributed by atoms with van der Waals surface area (Å²) in [4.78, 5) is 0. The van der Waals surface area contributed by atoms with Gasteiger partial charge in [0.1, 0.15) is 4.21 Å². The molecule has 1 N–H and O–H groups in total. The summed E-state index contributed by atoms with van der Waals surface area (Å²) >= 11 is 1.23. The van der Waals surface area contributed by atoms with Gasteiger partial charge in [0, 0.05) is 6.04 Å². The van der Waals surface area contributed by atoms with Gasteiger partial charge in [-0.2, -0.15) is 0 Å². The van der Waals surface area contributed by atoms with Crippen LogP contribution in [0.5, 0.6) is 0 Å². The number of aryl methyl sites for hydroxylation is 3. The van der Waals surface area contributed by atoms with Crippen molar-refractivity contribution in [2.24, 2.45) is 0 Å². The summed E-state index contributed by atoms with van der Waals surface area (Å²) in [6.07, 6.45) is 0. The quantitative estimate of drug-likeness (QED) is 0.935. The molecule has 0 fully saturated rings. The van der Waals surface area contributed by atoms with E-state index < -0.39 is 10.0 Å². The lowest BCUT2D eigenvalue weighted by atomic mass is 9.97. The average molecular weight is 309 g/mol. The second-order valence-electron chi connectivity index (χ2n) is 5.07. The largest absolute Gasteiger partial charge is 0.250 e. The molecule has 0 aliphatic rings. The third-order valence-corrected chi connectivity index (χ3v) is 6.38. The van der Waals surface area contributed by atoms with Crippen LogP contribution in [-0.4, -0.2) is 8.42 Å². The molecule has 0 saturated heterocycles. The van der Waals surface area contributed by atoms with Gasteiger partial charge in [0.2, 0.25) is 0 Å². The fourth-order valence-corrected chi connectivity index (χ4v) is 4.45. The Hall–Kier alpha value is -1.17. The molecule has 0 amide bonds. The first-order valence-corrected chi connectivity index (χ1v) is 8.81. The van der Waals surface area contributed by atoms with Crippen molar-refractivity contribution in [3.8, 4) is 0 Å². The molecule has 0 radical (unpaired) electrons. The lowest BCUT2D eigenvalue weighted by Gasteiger charge is -2.18. The molecule has 2 aromatic rings. The van der Waals surface area contributed by atoms with Gasteiger partial charge < -0.3 is 0 Å². The standard InChI is InChI=1S/C15H19NO2S2/c1-10-8-12(3)14(9-11(10)2)13(4)16-20(17,18)15-6-5-7-19-15/h5-9,13,16H,1-4H3/t13-/m1/s1. The highest BCUT2D eigenvalue weighted by molar-refractivity contribution is 7.91. The third-order valence-electron chi connectivity index (χ3n) is 3.44. The van der Waals surface area contributed by atoms with Crippen molar-refractivity contribution in [2.75, 3.05) is 0 Å². The lowest BCUT2D eigenvalue weighted by molar-refractivity contribution is 0.568. The highest BCUT2D eigenvalue weighted by atomic mass is 32.2. The maximum atomic E-state index is 12.2. The molecule has 5 heteroatoms. The van der Waals surface area contributed by atoms with E-state index in [4.69, 9.17) is 0 Å². The predicted octanol–water partition coefficient (Wildman–Crippen LogP) is 3.71. The molecule has 3 nitrogen and oxygen atoms in total. The van der Waals surface area contributed by atoms with Crippen LogP contribution >= 0.6 is 11.3 Å². The number of hydrogen-bond donors (Lipinski definition) is 1. The summed E-state index contributed by atoms with van der Waals surface area (Å²) in [6.45, 7) is 7.99. The van der Waals surface area contributed by atoms with E-state index in [1.807, 2.05) is 20.8 Å². The smallest absolute Gasteiger partial charge is 0.206 e.